The van der Waals surface area contributed by atoms with Gasteiger partial charge in [-0.25, -0.2) is 0 Å². The fourth-order valence-corrected chi connectivity index (χ4v) is 4.32. The number of primary amides is 1. The predicted octanol–water partition coefficient (Wildman–Crippen LogP) is 1.68. The van der Waals surface area contributed by atoms with E-state index in [1.165, 1.54) is 31.3 Å². The van der Waals surface area contributed by atoms with Crippen molar-refractivity contribution < 1.29 is 29.0 Å². The molecule has 1 heterocycles. The number of aromatic hydroxyl groups is 1. The number of para-hydroxylation sites is 1. The summed E-state index contributed by atoms with van der Waals surface area (Å²) in [5.41, 5.74) is 12.1. The van der Waals surface area contributed by atoms with Crippen LogP contribution >= 0.6 is 11.5 Å². The highest BCUT2D eigenvalue weighted by atomic mass is 32.1. The molecule has 0 aliphatic carbocycles. The highest BCUT2D eigenvalue weighted by Gasteiger charge is 2.35. The van der Waals surface area contributed by atoms with Crippen LogP contribution in [0, 0.1) is 0 Å². The molecular weight excluding hydrogens is 486 g/mol. The van der Waals surface area contributed by atoms with Gasteiger partial charge >= 0.3 is 0 Å². The lowest BCUT2D eigenvalue weighted by Gasteiger charge is -2.31. The van der Waals surface area contributed by atoms with E-state index in [4.69, 9.17) is 20.9 Å². The number of phenolic OH excluding ortho intramolecular Hbond substituents is 1. The van der Waals surface area contributed by atoms with Gasteiger partial charge in [0, 0.05) is 19.2 Å². The van der Waals surface area contributed by atoms with E-state index < -0.39 is 23.8 Å². The number of carbonyl (C=O) groups excluding carboxylic acids is 3. The number of rotatable bonds is 11. The van der Waals surface area contributed by atoms with Crippen LogP contribution in [0.15, 0.2) is 48.5 Å². The van der Waals surface area contributed by atoms with Crippen molar-refractivity contribution in [3.8, 4) is 11.5 Å². The lowest BCUT2D eigenvalue weighted by molar-refractivity contribution is -0.126. The van der Waals surface area contributed by atoms with E-state index in [0.29, 0.717) is 16.9 Å². The first kappa shape index (κ1) is 26.4. The molecule has 0 aliphatic heterocycles. The van der Waals surface area contributed by atoms with Crippen LogP contribution in [0.1, 0.15) is 37.3 Å². The molecule has 0 unspecified atom stereocenters. The molecule has 2 aromatic carbocycles. The normalized spacial score (nSPS) is 11.5. The van der Waals surface area contributed by atoms with Gasteiger partial charge in [0.1, 0.15) is 22.4 Å². The number of amides is 3. The van der Waals surface area contributed by atoms with Crippen LogP contribution in [0.4, 0.5) is 5.69 Å². The summed E-state index contributed by atoms with van der Waals surface area (Å²) < 4.78 is 14.4. The zero-order chi connectivity index (χ0) is 26.2. The Morgan fingerprint density at radius 2 is 1.83 bits per heavy atom. The molecule has 12 heteroatoms. The summed E-state index contributed by atoms with van der Waals surface area (Å²) in [4.78, 5) is 40.3. The summed E-state index contributed by atoms with van der Waals surface area (Å²) in [6.07, 6.45) is 0. The number of phenols is 1. The quantitative estimate of drug-likeness (QED) is 0.281. The zero-order valence-corrected chi connectivity index (χ0v) is 20.6. The van der Waals surface area contributed by atoms with Gasteiger partial charge in [0.15, 0.2) is 5.69 Å². The van der Waals surface area contributed by atoms with E-state index >= 15 is 0 Å². The fraction of sp³-hybridized carbons (Fsp3) is 0.250. The van der Waals surface area contributed by atoms with E-state index in [1.54, 1.807) is 36.4 Å². The third-order valence-electron chi connectivity index (χ3n) is 5.32. The molecule has 3 aromatic rings. The van der Waals surface area contributed by atoms with E-state index in [-0.39, 0.29) is 41.7 Å². The Labute approximate surface area is 211 Å². The van der Waals surface area contributed by atoms with Gasteiger partial charge in [-0.2, -0.15) is 4.37 Å². The van der Waals surface area contributed by atoms with Crippen molar-refractivity contribution in [2.24, 2.45) is 5.73 Å². The standard InChI is InChI=1S/C24H27N5O6S/c1-34-12-11-27-23(32)20(14-7-9-16(30)10-8-14)29(13-15-5-3-4-6-17(15)35-2)24(33)21-18(25)19(22(26)31)28-36-21/h3-10,20,30H,11-13,25H2,1-2H3,(H2,26,31)(H,27,32)/t20-/m0/s1. The molecule has 1 atom stereocenters. The minimum atomic E-state index is -1.14. The molecule has 0 radical (unpaired) electrons. The van der Waals surface area contributed by atoms with Crippen molar-refractivity contribution in [2.45, 2.75) is 12.6 Å². The maximum Gasteiger partial charge on any atom is 0.270 e. The number of ether oxygens (including phenoxy) is 2. The van der Waals surface area contributed by atoms with Crippen LogP contribution in [0.3, 0.4) is 0 Å². The molecule has 0 spiro atoms. The molecule has 0 bridgehead atoms. The lowest BCUT2D eigenvalue weighted by atomic mass is 10.0. The van der Waals surface area contributed by atoms with E-state index in [1.807, 2.05) is 0 Å². The average molecular weight is 514 g/mol. The van der Waals surface area contributed by atoms with Crippen molar-refractivity contribution in [1.82, 2.24) is 14.6 Å². The Hall–Kier alpha value is -4.16. The van der Waals surface area contributed by atoms with E-state index in [2.05, 4.69) is 9.69 Å². The van der Waals surface area contributed by atoms with Gasteiger partial charge in [0.05, 0.1) is 25.9 Å². The second-order valence-electron chi connectivity index (χ2n) is 7.66. The van der Waals surface area contributed by atoms with E-state index in [0.717, 1.165) is 11.5 Å². The topological polar surface area (TPSA) is 170 Å². The minimum absolute atomic E-state index is 0.00213. The third kappa shape index (κ3) is 5.90. The number of nitrogen functional groups attached to an aromatic ring is 1. The van der Waals surface area contributed by atoms with Gasteiger partial charge in [-0.3, -0.25) is 14.4 Å². The van der Waals surface area contributed by atoms with Gasteiger partial charge in [-0.1, -0.05) is 30.3 Å². The first-order valence-electron chi connectivity index (χ1n) is 10.8. The molecule has 0 saturated heterocycles. The number of hydrogen-bond acceptors (Lipinski definition) is 9. The number of carbonyl (C=O) groups is 3. The lowest BCUT2D eigenvalue weighted by Crippen LogP contribution is -2.44. The second kappa shape index (κ2) is 12.0. The van der Waals surface area contributed by atoms with Gasteiger partial charge in [-0.15, -0.1) is 0 Å². The number of nitrogens with two attached hydrogens (primary N) is 2. The Bertz CT molecular complexity index is 1230. The van der Waals surface area contributed by atoms with Crippen LogP contribution < -0.4 is 21.5 Å². The summed E-state index contributed by atoms with van der Waals surface area (Å²) in [5, 5.41) is 12.6. The zero-order valence-electron chi connectivity index (χ0n) is 19.8. The summed E-state index contributed by atoms with van der Waals surface area (Å²) >= 11 is 0.720. The highest BCUT2D eigenvalue weighted by Crippen LogP contribution is 2.32. The molecule has 3 rings (SSSR count). The van der Waals surface area contributed by atoms with Gasteiger partial charge in [0.2, 0.25) is 5.91 Å². The molecular formula is C24H27N5O6S. The van der Waals surface area contributed by atoms with Gasteiger partial charge in [0.25, 0.3) is 11.8 Å². The summed E-state index contributed by atoms with van der Waals surface area (Å²) in [7, 11) is 3.00. The van der Waals surface area contributed by atoms with Crippen molar-refractivity contribution in [2.75, 3.05) is 33.1 Å². The number of aromatic nitrogens is 1. The Morgan fingerprint density at radius 3 is 2.44 bits per heavy atom. The Balaban J connectivity index is 2.14. The Kier molecular flexibility index (Phi) is 8.81. The fourth-order valence-electron chi connectivity index (χ4n) is 3.56. The summed E-state index contributed by atoms with van der Waals surface area (Å²) in [6, 6.07) is 11.8. The molecule has 11 nitrogen and oxygen atoms in total. The number of hydrogen-bond donors (Lipinski definition) is 4. The molecule has 36 heavy (non-hydrogen) atoms. The number of anilines is 1. The van der Waals surface area contributed by atoms with Crippen LogP contribution in [-0.2, 0) is 16.1 Å². The number of benzene rings is 2. The largest absolute Gasteiger partial charge is 0.508 e. The van der Waals surface area contributed by atoms with Gasteiger partial charge in [-0.05, 0) is 35.3 Å². The first-order valence-corrected chi connectivity index (χ1v) is 11.6. The third-order valence-corrected chi connectivity index (χ3v) is 6.17. The molecule has 0 saturated carbocycles. The monoisotopic (exact) mass is 513 g/mol. The maximum atomic E-state index is 13.9. The van der Waals surface area contributed by atoms with Crippen molar-refractivity contribution >= 4 is 34.9 Å². The second-order valence-corrected chi connectivity index (χ2v) is 8.43. The highest BCUT2D eigenvalue weighted by molar-refractivity contribution is 7.09. The van der Waals surface area contributed by atoms with Crippen molar-refractivity contribution in [3.05, 3.63) is 70.2 Å². The number of methoxy groups -OCH3 is 2. The van der Waals surface area contributed by atoms with Gasteiger partial charge < -0.3 is 36.3 Å². The predicted molar refractivity (Wildman–Crippen MR) is 134 cm³/mol. The summed E-state index contributed by atoms with van der Waals surface area (Å²) in [5.74, 6) is -1.48. The molecule has 190 valence electrons. The molecule has 6 N–H and O–H groups in total. The van der Waals surface area contributed by atoms with Crippen LogP contribution in [0.25, 0.3) is 0 Å². The molecule has 3 amide bonds. The molecule has 0 aliphatic rings. The van der Waals surface area contributed by atoms with Crippen LogP contribution in [0.5, 0.6) is 11.5 Å². The van der Waals surface area contributed by atoms with Crippen molar-refractivity contribution in [3.63, 3.8) is 0 Å². The van der Waals surface area contributed by atoms with Crippen LogP contribution in [0.2, 0.25) is 0 Å². The minimum Gasteiger partial charge on any atom is -0.508 e. The van der Waals surface area contributed by atoms with E-state index in [9.17, 15) is 19.5 Å². The smallest absolute Gasteiger partial charge is 0.270 e. The molecule has 1 aromatic heterocycles. The maximum absolute atomic E-state index is 13.9. The average Bonchev–Trinajstić information content (AvgIpc) is 3.26. The number of nitrogens with zero attached hydrogens (tertiary/aromatic N) is 2. The molecule has 0 fully saturated rings. The Morgan fingerprint density at radius 1 is 1.14 bits per heavy atom. The first-order chi connectivity index (χ1) is 17.3. The number of nitrogens with one attached hydrogen (secondary N) is 1. The van der Waals surface area contributed by atoms with Crippen molar-refractivity contribution in [1.29, 1.82) is 0 Å². The SMILES string of the molecule is COCCNC(=O)[C@H](c1ccc(O)cc1)N(Cc1ccccc1OC)C(=O)c1snc(C(N)=O)c1N. The summed E-state index contributed by atoms with van der Waals surface area (Å²) in [6.45, 7) is 0.419. The van der Waals surface area contributed by atoms with Crippen LogP contribution in [-0.4, -0.2) is 59.5 Å².